The molecule has 2 rings (SSSR count). The summed E-state index contributed by atoms with van der Waals surface area (Å²) in [6, 6.07) is 8.42. The highest BCUT2D eigenvalue weighted by molar-refractivity contribution is 6.04. The van der Waals surface area contributed by atoms with E-state index in [2.05, 4.69) is 43.1 Å². The number of carbonyl (C=O) groups excluding carboxylic acids is 2. The average Bonchev–Trinajstić information content (AvgIpc) is 2.88. The largest absolute Gasteiger partial charge is 0.355 e. The van der Waals surface area contributed by atoms with Crippen molar-refractivity contribution in [3.63, 3.8) is 0 Å². The predicted octanol–water partition coefficient (Wildman–Crippen LogP) is 3.24. The smallest absolute Gasteiger partial charge is 0.235 e. The molecule has 2 aromatic rings. The van der Waals surface area contributed by atoms with Gasteiger partial charge < -0.3 is 9.88 Å². The van der Waals surface area contributed by atoms with Gasteiger partial charge in [-0.1, -0.05) is 38.1 Å². The topological polar surface area (TPSA) is 54.4 Å². The molecule has 0 bridgehead atoms. The van der Waals surface area contributed by atoms with Crippen LogP contribution in [0.5, 0.6) is 0 Å². The molecule has 0 aliphatic carbocycles. The van der Waals surface area contributed by atoms with Crippen molar-refractivity contribution in [2.75, 3.05) is 7.05 Å². The van der Waals surface area contributed by atoms with E-state index >= 15 is 0 Å². The van der Waals surface area contributed by atoms with Crippen molar-refractivity contribution in [3.05, 3.63) is 57.9 Å². The first-order chi connectivity index (χ1) is 12.1. The van der Waals surface area contributed by atoms with Gasteiger partial charge in [0.1, 0.15) is 6.54 Å². The summed E-state index contributed by atoms with van der Waals surface area (Å²) in [6.45, 7) is 12.3. The lowest BCUT2D eigenvalue weighted by atomic mass is 10.0. The molecule has 2 atom stereocenters. The molecule has 140 valence electrons. The van der Waals surface area contributed by atoms with Crippen LogP contribution in [-0.4, -0.2) is 29.6 Å². The molecule has 1 aromatic heterocycles. The van der Waals surface area contributed by atoms with Crippen molar-refractivity contribution in [1.29, 1.82) is 0 Å². The summed E-state index contributed by atoms with van der Waals surface area (Å²) in [5, 5.41) is 0. The third-order valence-corrected chi connectivity index (χ3v) is 5.30. The number of hydrogen-bond acceptors (Lipinski definition) is 2. The van der Waals surface area contributed by atoms with E-state index in [1.165, 1.54) is 11.1 Å². The number of aromatic nitrogens is 1. The number of aryl methyl sites for hydroxylation is 1. The second-order valence-corrected chi connectivity index (χ2v) is 7.69. The van der Waals surface area contributed by atoms with Gasteiger partial charge in [0.05, 0.1) is 12.7 Å². The highest BCUT2D eigenvalue weighted by Gasteiger charge is 2.28. The molecule has 1 aromatic carbocycles. The summed E-state index contributed by atoms with van der Waals surface area (Å²) >= 11 is 0. The van der Waals surface area contributed by atoms with E-state index in [1.54, 1.807) is 6.92 Å². The summed E-state index contributed by atoms with van der Waals surface area (Å²) in [5.41, 5.74) is 5.28. The number of H-pyrrole nitrogens is 1. The molecule has 2 N–H and O–H groups in total. The normalized spacial score (nSPS) is 13.7. The molecule has 4 heteroatoms. The van der Waals surface area contributed by atoms with E-state index in [4.69, 9.17) is 0 Å². The van der Waals surface area contributed by atoms with Crippen LogP contribution in [0.2, 0.25) is 0 Å². The lowest BCUT2D eigenvalue weighted by molar-refractivity contribution is -0.907. The van der Waals surface area contributed by atoms with Crippen LogP contribution in [0, 0.1) is 13.8 Å². The van der Waals surface area contributed by atoms with Crippen molar-refractivity contribution in [1.82, 2.24) is 4.98 Å². The molecule has 26 heavy (non-hydrogen) atoms. The fourth-order valence-corrected chi connectivity index (χ4v) is 3.46. The molecular formula is C22H31N2O2+. The molecule has 0 radical (unpaired) electrons. The molecule has 0 aliphatic heterocycles. The number of benzene rings is 1. The molecule has 1 heterocycles. The van der Waals surface area contributed by atoms with Gasteiger partial charge in [0.25, 0.3) is 0 Å². The third-order valence-electron chi connectivity index (χ3n) is 5.30. The Morgan fingerprint density at radius 3 is 2.12 bits per heavy atom. The van der Waals surface area contributed by atoms with E-state index < -0.39 is 0 Å². The first-order valence-corrected chi connectivity index (χ1v) is 9.28. The Kier molecular flexibility index (Phi) is 6.19. The molecule has 0 fully saturated rings. The number of aromatic amines is 1. The van der Waals surface area contributed by atoms with Crippen LogP contribution in [0.15, 0.2) is 24.3 Å². The monoisotopic (exact) mass is 355 g/mol. The molecule has 0 amide bonds. The van der Waals surface area contributed by atoms with Gasteiger partial charge in [0.15, 0.2) is 11.8 Å². The Balaban J connectivity index is 2.15. The maximum Gasteiger partial charge on any atom is 0.235 e. The van der Waals surface area contributed by atoms with Crippen LogP contribution >= 0.6 is 0 Å². The minimum absolute atomic E-state index is 0.00565. The highest BCUT2D eigenvalue weighted by atomic mass is 16.1. The number of rotatable bonds is 7. The molecule has 4 nitrogen and oxygen atoms in total. The minimum Gasteiger partial charge on any atom is -0.355 e. The number of hydrogen-bond donors (Lipinski definition) is 2. The van der Waals surface area contributed by atoms with Gasteiger partial charge in [-0.25, -0.2) is 0 Å². The minimum atomic E-state index is -0.198. The maximum absolute atomic E-state index is 13.0. The summed E-state index contributed by atoms with van der Waals surface area (Å²) < 4.78 is 0. The lowest BCUT2D eigenvalue weighted by Gasteiger charge is -2.21. The molecule has 1 unspecified atom stereocenters. The molecule has 0 saturated carbocycles. The summed E-state index contributed by atoms with van der Waals surface area (Å²) in [4.78, 5) is 29.0. The van der Waals surface area contributed by atoms with Crippen molar-refractivity contribution >= 4 is 11.6 Å². The molecule has 0 aliphatic rings. The van der Waals surface area contributed by atoms with Crippen molar-refractivity contribution in [2.45, 2.75) is 60.0 Å². The Hall–Kier alpha value is -2.20. The predicted molar refractivity (Wildman–Crippen MR) is 105 cm³/mol. The number of carbonyl (C=O) groups is 2. The molecule has 0 spiro atoms. The van der Waals surface area contributed by atoms with Crippen molar-refractivity contribution in [3.8, 4) is 0 Å². The number of quaternary nitrogens is 1. The number of nitrogens with one attached hydrogen (secondary N) is 2. The Morgan fingerprint density at radius 2 is 1.65 bits per heavy atom. The SMILES string of the molecule is CC(=O)c1c(C)[nH]c(C(=O)[C@@H](C)[NH+](C)Cc2ccc(C(C)C)cc2)c1C. The quantitative estimate of drug-likeness (QED) is 0.749. The fraction of sp³-hybridized carbons (Fsp3) is 0.455. The highest BCUT2D eigenvalue weighted by Crippen LogP contribution is 2.19. The van der Waals surface area contributed by atoms with Crippen molar-refractivity contribution in [2.24, 2.45) is 0 Å². The second-order valence-electron chi connectivity index (χ2n) is 7.69. The molecular weight excluding hydrogens is 324 g/mol. The van der Waals surface area contributed by atoms with Gasteiger partial charge in [0.2, 0.25) is 5.78 Å². The van der Waals surface area contributed by atoms with Gasteiger partial charge in [-0.15, -0.1) is 0 Å². The van der Waals surface area contributed by atoms with E-state index in [-0.39, 0.29) is 17.6 Å². The van der Waals surface area contributed by atoms with E-state index in [0.29, 0.717) is 17.2 Å². The van der Waals surface area contributed by atoms with Gasteiger partial charge >= 0.3 is 0 Å². The van der Waals surface area contributed by atoms with Crippen LogP contribution in [0.3, 0.4) is 0 Å². The maximum atomic E-state index is 13.0. The molecule has 0 saturated heterocycles. The van der Waals surface area contributed by atoms with E-state index in [9.17, 15) is 9.59 Å². The van der Waals surface area contributed by atoms with Gasteiger partial charge in [0, 0.05) is 16.8 Å². The Labute approximate surface area is 156 Å². The number of Topliss-reactive ketones (excluding diaryl/α,β-unsaturated/α-hetero) is 2. The first kappa shape index (κ1) is 20.1. The average molecular weight is 356 g/mol. The van der Waals surface area contributed by atoms with E-state index in [1.807, 2.05) is 27.8 Å². The number of likely N-dealkylation sites (N-methyl/N-ethyl adjacent to an activating group) is 1. The van der Waals surface area contributed by atoms with Crippen LogP contribution < -0.4 is 4.90 Å². The van der Waals surface area contributed by atoms with Crippen LogP contribution in [0.4, 0.5) is 0 Å². The summed E-state index contributed by atoms with van der Waals surface area (Å²) in [7, 11) is 2.04. The van der Waals surface area contributed by atoms with Crippen molar-refractivity contribution < 1.29 is 14.5 Å². The zero-order valence-electron chi connectivity index (χ0n) is 17.0. The van der Waals surface area contributed by atoms with Crippen LogP contribution in [-0.2, 0) is 6.54 Å². The van der Waals surface area contributed by atoms with Crippen LogP contribution in [0.25, 0.3) is 0 Å². The fourth-order valence-electron chi connectivity index (χ4n) is 3.46. The zero-order valence-corrected chi connectivity index (χ0v) is 17.0. The second kappa shape index (κ2) is 8.00. The first-order valence-electron chi connectivity index (χ1n) is 9.28. The number of ketones is 2. The standard InChI is InChI=1S/C22H30N2O2/c1-13(2)19-10-8-18(9-11-19)12-24(7)16(5)22(26)21-14(3)20(17(6)25)15(4)23-21/h8-11,13,16,23H,12H2,1-7H3/p+1/t16-/m1/s1. The van der Waals surface area contributed by atoms with Gasteiger partial charge in [-0.05, 0) is 44.7 Å². The van der Waals surface area contributed by atoms with Gasteiger partial charge in [-0.3, -0.25) is 9.59 Å². The van der Waals surface area contributed by atoms with E-state index in [0.717, 1.165) is 22.7 Å². The Bertz CT molecular complexity index is 800. The lowest BCUT2D eigenvalue weighted by Crippen LogP contribution is -3.12. The van der Waals surface area contributed by atoms with Gasteiger partial charge in [-0.2, -0.15) is 0 Å². The summed E-state index contributed by atoms with van der Waals surface area (Å²) in [5.74, 6) is 0.562. The Morgan fingerprint density at radius 1 is 1.08 bits per heavy atom. The zero-order chi connectivity index (χ0) is 19.6. The van der Waals surface area contributed by atoms with Crippen LogP contribution in [0.1, 0.15) is 76.8 Å². The third kappa shape index (κ3) is 4.13. The summed E-state index contributed by atoms with van der Waals surface area (Å²) in [6.07, 6.45) is 0.